The van der Waals surface area contributed by atoms with Crippen LogP contribution in [0, 0.1) is 0 Å². The average molecular weight is 292 g/mol. The first-order valence-corrected chi connectivity index (χ1v) is 5.81. The van der Waals surface area contributed by atoms with Crippen LogP contribution in [0.5, 0.6) is 0 Å². The first-order chi connectivity index (χ1) is 6.84. The van der Waals surface area contributed by atoms with Crippen LogP contribution in [-0.2, 0) is 6.54 Å². The van der Waals surface area contributed by atoms with E-state index in [4.69, 9.17) is 0 Å². The SMILES string of the molecule is Brc1ccc(CN2CCNCC2)cc1.Cl. The maximum absolute atomic E-state index is 3.45. The molecule has 1 N–H and O–H groups in total. The molecule has 0 aliphatic carbocycles. The molecule has 1 saturated heterocycles. The molecule has 0 bridgehead atoms. The second kappa shape index (κ2) is 6.48. The molecule has 84 valence electrons. The molecular formula is C11H16BrClN2. The molecular weight excluding hydrogens is 275 g/mol. The Morgan fingerprint density at radius 2 is 1.73 bits per heavy atom. The summed E-state index contributed by atoms with van der Waals surface area (Å²) < 4.78 is 1.15. The molecule has 1 fully saturated rings. The second-order valence-corrected chi connectivity index (χ2v) is 4.57. The van der Waals surface area contributed by atoms with Crippen molar-refractivity contribution in [3.63, 3.8) is 0 Å². The van der Waals surface area contributed by atoms with Gasteiger partial charge in [0.1, 0.15) is 0 Å². The number of benzene rings is 1. The van der Waals surface area contributed by atoms with E-state index in [0.29, 0.717) is 0 Å². The van der Waals surface area contributed by atoms with Gasteiger partial charge in [-0.05, 0) is 17.7 Å². The van der Waals surface area contributed by atoms with E-state index in [0.717, 1.165) is 37.2 Å². The van der Waals surface area contributed by atoms with Crippen molar-refractivity contribution in [3.8, 4) is 0 Å². The second-order valence-electron chi connectivity index (χ2n) is 3.65. The topological polar surface area (TPSA) is 15.3 Å². The molecule has 0 atom stereocenters. The Labute approximate surface area is 106 Å². The normalized spacial score (nSPS) is 17.1. The first-order valence-electron chi connectivity index (χ1n) is 5.02. The standard InChI is InChI=1S/C11H15BrN2.ClH/c12-11-3-1-10(2-4-11)9-14-7-5-13-6-8-14;/h1-4,13H,5-9H2;1H. The van der Waals surface area contributed by atoms with E-state index >= 15 is 0 Å². The van der Waals surface area contributed by atoms with Crippen LogP contribution >= 0.6 is 28.3 Å². The van der Waals surface area contributed by atoms with E-state index in [1.54, 1.807) is 0 Å². The van der Waals surface area contributed by atoms with Gasteiger partial charge < -0.3 is 5.32 Å². The van der Waals surface area contributed by atoms with E-state index in [-0.39, 0.29) is 12.4 Å². The van der Waals surface area contributed by atoms with Crippen molar-refractivity contribution in [2.75, 3.05) is 26.2 Å². The lowest BCUT2D eigenvalue weighted by Crippen LogP contribution is -2.42. The van der Waals surface area contributed by atoms with Crippen LogP contribution in [0.2, 0.25) is 0 Å². The molecule has 1 aliphatic rings. The molecule has 15 heavy (non-hydrogen) atoms. The third-order valence-corrected chi connectivity index (χ3v) is 3.06. The highest BCUT2D eigenvalue weighted by Gasteiger charge is 2.09. The number of hydrogen-bond acceptors (Lipinski definition) is 2. The predicted molar refractivity (Wildman–Crippen MR) is 69.5 cm³/mol. The third kappa shape index (κ3) is 4.11. The molecule has 0 radical (unpaired) electrons. The minimum atomic E-state index is 0. The van der Waals surface area contributed by atoms with Crippen LogP contribution in [0.15, 0.2) is 28.7 Å². The van der Waals surface area contributed by atoms with E-state index in [9.17, 15) is 0 Å². The summed E-state index contributed by atoms with van der Waals surface area (Å²) in [6, 6.07) is 8.59. The Hall–Kier alpha value is -0.0900. The van der Waals surface area contributed by atoms with Gasteiger partial charge in [-0.1, -0.05) is 28.1 Å². The van der Waals surface area contributed by atoms with Crippen LogP contribution < -0.4 is 5.32 Å². The van der Waals surface area contributed by atoms with Crippen molar-refractivity contribution in [2.24, 2.45) is 0 Å². The quantitative estimate of drug-likeness (QED) is 0.899. The molecule has 0 spiro atoms. The maximum Gasteiger partial charge on any atom is 0.0234 e. The molecule has 1 aliphatic heterocycles. The summed E-state index contributed by atoms with van der Waals surface area (Å²) in [5.41, 5.74) is 1.40. The van der Waals surface area contributed by atoms with Gasteiger partial charge in [-0.3, -0.25) is 4.90 Å². The average Bonchev–Trinajstić information content (AvgIpc) is 2.23. The third-order valence-electron chi connectivity index (χ3n) is 2.53. The zero-order chi connectivity index (χ0) is 9.80. The van der Waals surface area contributed by atoms with E-state index in [2.05, 4.69) is 50.4 Å². The van der Waals surface area contributed by atoms with Gasteiger partial charge in [0.15, 0.2) is 0 Å². The summed E-state index contributed by atoms with van der Waals surface area (Å²) in [6.45, 7) is 5.65. The summed E-state index contributed by atoms with van der Waals surface area (Å²) in [5, 5.41) is 3.36. The number of rotatable bonds is 2. The molecule has 0 amide bonds. The summed E-state index contributed by atoms with van der Waals surface area (Å²) >= 11 is 3.45. The Balaban J connectivity index is 0.00000112. The Morgan fingerprint density at radius 3 is 2.33 bits per heavy atom. The lowest BCUT2D eigenvalue weighted by atomic mass is 10.2. The molecule has 0 saturated carbocycles. The molecule has 4 heteroatoms. The molecule has 1 aromatic rings. The molecule has 2 rings (SSSR count). The minimum absolute atomic E-state index is 0. The van der Waals surface area contributed by atoms with E-state index in [1.165, 1.54) is 5.56 Å². The highest BCUT2D eigenvalue weighted by molar-refractivity contribution is 9.10. The van der Waals surface area contributed by atoms with Gasteiger partial charge in [-0.25, -0.2) is 0 Å². The van der Waals surface area contributed by atoms with Crippen LogP contribution in [0.25, 0.3) is 0 Å². The largest absolute Gasteiger partial charge is 0.314 e. The number of halogens is 2. The van der Waals surface area contributed by atoms with Crippen molar-refractivity contribution in [1.82, 2.24) is 10.2 Å². The van der Waals surface area contributed by atoms with Crippen LogP contribution in [0.4, 0.5) is 0 Å². The zero-order valence-electron chi connectivity index (χ0n) is 8.58. The van der Waals surface area contributed by atoms with Gasteiger partial charge >= 0.3 is 0 Å². The Morgan fingerprint density at radius 1 is 1.13 bits per heavy atom. The summed E-state index contributed by atoms with van der Waals surface area (Å²) in [5.74, 6) is 0. The van der Waals surface area contributed by atoms with Crippen molar-refractivity contribution in [1.29, 1.82) is 0 Å². The van der Waals surface area contributed by atoms with Crippen molar-refractivity contribution < 1.29 is 0 Å². The number of nitrogens with zero attached hydrogens (tertiary/aromatic N) is 1. The Bertz CT molecular complexity index is 283. The maximum atomic E-state index is 3.45. The first kappa shape index (κ1) is 13.0. The number of nitrogens with one attached hydrogen (secondary N) is 1. The van der Waals surface area contributed by atoms with Gasteiger partial charge in [-0.15, -0.1) is 12.4 Å². The van der Waals surface area contributed by atoms with E-state index in [1.807, 2.05) is 0 Å². The van der Waals surface area contributed by atoms with Crippen molar-refractivity contribution in [2.45, 2.75) is 6.54 Å². The molecule has 1 heterocycles. The Kier molecular flexibility index (Phi) is 5.61. The highest BCUT2D eigenvalue weighted by atomic mass is 79.9. The van der Waals surface area contributed by atoms with Crippen molar-refractivity contribution >= 4 is 28.3 Å². The van der Waals surface area contributed by atoms with Gasteiger partial charge in [0.05, 0.1) is 0 Å². The summed E-state index contributed by atoms with van der Waals surface area (Å²) in [7, 11) is 0. The van der Waals surface area contributed by atoms with Crippen molar-refractivity contribution in [3.05, 3.63) is 34.3 Å². The fraction of sp³-hybridized carbons (Fsp3) is 0.455. The molecule has 1 aromatic carbocycles. The monoisotopic (exact) mass is 290 g/mol. The molecule has 2 nitrogen and oxygen atoms in total. The fourth-order valence-corrected chi connectivity index (χ4v) is 1.98. The lowest BCUT2D eigenvalue weighted by molar-refractivity contribution is 0.233. The zero-order valence-corrected chi connectivity index (χ0v) is 11.0. The fourth-order valence-electron chi connectivity index (χ4n) is 1.72. The van der Waals surface area contributed by atoms with E-state index < -0.39 is 0 Å². The van der Waals surface area contributed by atoms with Gasteiger partial charge in [0.25, 0.3) is 0 Å². The van der Waals surface area contributed by atoms with Crippen LogP contribution in [-0.4, -0.2) is 31.1 Å². The number of piperazine rings is 1. The smallest absolute Gasteiger partial charge is 0.0234 e. The van der Waals surface area contributed by atoms with Crippen LogP contribution in [0.3, 0.4) is 0 Å². The predicted octanol–water partition coefficient (Wildman–Crippen LogP) is 2.28. The van der Waals surface area contributed by atoms with Crippen LogP contribution in [0.1, 0.15) is 5.56 Å². The molecule has 0 aromatic heterocycles. The summed E-state index contributed by atoms with van der Waals surface area (Å²) in [4.78, 5) is 2.49. The van der Waals surface area contributed by atoms with Gasteiger partial charge in [0, 0.05) is 37.2 Å². The minimum Gasteiger partial charge on any atom is -0.314 e. The van der Waals surface area contributed by atoms with Gasteiger partial charge in [-0.2, -0.15) is 0 Å². The highest BCUT2D eigenvalue weighted by Crippen LogP contribution is 2.12. The summed E-state index contributed by atoms with van der Waals surface area (Å²) in [6.07, 6.45) is 0. The van der Waals surface area contributed by atoms with Gasteiger partial charge in [0.2, 0.25) is 0 Å². The molecule has 0 unspecified atom stereocenters. The lowest BCUT2D eigenvalue weighted by Gasteiger charge is -2.27. The number of hydrogen-bond donors (Lipinski definition) is 1.